The number of hydrogen-bond donors (Lipinski definition) is 2. The third kappa shape index (κ3) is 4.15. The zero-order valence-corrected chi connectivity index (χ0v) is 15.2. The van der Waals surface area contributed by atoms with Crippen LogP contribution in [-0.2, 0) is 0 Å². The van der Waals surface area contributed by atoms with E-state index in [1.807, 2.05) is 12.1 Å². The molecule has 0 aliphatic rings. The standard InChI is InChI=1S/C18H14BrFN4O2/c1-26-14-5-2-11(3-6-14)16-9-17(23-22-16)18(25)24-21-10-12-8-13(19)4-7-15(12)20/h2-10H,1H3,(H,22,23)(H,24,25)/b21-10+. The Labute approximate surface area is 157 Å². The van der Waals surface area contributed by atoms with E-state index in [0.717, 1.165) is 11.3 Å². The SMILES string of the molecule is COc1ccc(-c2cc(C(=O)N/N=C/c3cc(Br)ccc3F)[nH]n2)cc1. The van der Waals surface area contributed by atoms with Gasteiger partial charge in [-0.05, 0) is 48.5 Å². The monoisotopic (exact) mass is 416 g/mol. The van der Waals surface area contributed by atoms with Crippen LogP contribution in [0, 0.1) is 5.82 Å². The molecule has 0 saturated heterocycles. The number of hydrazone groups is 1. The Balaban J connectivity index is 1.68. The van der Waals surface area contributed by atoms with E-state index in [4.69, 9.17) is 4.74 Å². The van der Waals surface area contributed by atoms with Gasteiger partial charge in [0.2, 0.25) is 0 Å². The first-order valence-electron chi connectivity index (χ1n) is 7.55. The minimum atomic E-state index is -0.482. The molecule has 0 bridgehead atoms. The highest BCUT2D eigenvalue weighted by atomic mass is 79.9. The highest BCUT2D eigenvalue weighted by molar-refractivity contribution is 9.10. The molecule has 26 heavy (non-hydrogen) atoms. The Kier molecular flexibility index (Phi) is 5.43. The molecule has 1 amide bonds. The number of rotatable bonds is 5. The van der Waals surface area contributed by atoms with Crippen molar-refractivity contribution in [1.82, 2.24) is 15.6 Å². The van der Waals surface area contributed by atoms with E-state index in [9.17, 15) is 9.18 Å². The Morgan fingerprint density at radius 1 is 1.27 bits per heavy atom. The predicted octanol–water partition coefficient (Wildman–Crippen LogP) is 3.75. The second-order valence-corrected chi connectivity index (χ2v) is 6.18. The highest BCUT2D eigenvalue weighted by Gasteiger charge is 2.10. The second kappa shape index (κ2) is 7.92. The van der Waals surface area contributed by atoms with Gasteiger partial charge in [-0.25, -0.2) is 9.82 Å². The number of amides is 1. The van der Waals surface area contributed by atoms with Crippen molar-refractivity contribution in [1.29, 1.82) is 0 Å². The molecule has 0 fully saturated rings. The zero-order chi connectivity index (χ0) is 18.5. The molecule has 1 heterocycles. The van der Waals surface area contributed by atoms with Gasteiger partial charge in [-0.3, -0.25) is 9.89 Å². The number of carbonyl (C=O) groups is 1. The van der Waals surface area contributed by atoms with E-state index in [0.29, 0.717) is 10.2 Å². The van der Waals surface area contributed by atoms with Gasteiger partial charge in [0, 0.05) is 15.6 Å². The summed E-state index contributed by atoms with van der Waals surface area (Å²) in [4.78, 5) is 12.1. The van der Waals surface area contributed by atoms with Crippen LogP contribution in [0.25, 0.3) is 11.3 Å². The van der Waals surface area contributed by atoms with E-state index >= 15 is 0 Å². The number of carbonyl (C=O) groups excluding carboxylic acids is 1. The largest absolute Gasteiger partial charge is 0.497 e. The Bertz CT molecular complexity index is 954. The van der Waals surface area contributed by atoms with Crippen molar-refractivity contribution < 1.29 is 13.9 Å². The number of halogens is 2. The summed E-state index contributed by atoms with van der Waals surface area (Å²) >= 11 is 3.25. The lowest BCUT2D eigenvalue weighted by Gasteiger charge is -2.00. The van der Waals surface area contributed by atoms with Crippen LogP contribution in [0.1, 0.15) is 16.1 Å². The molecular formula is C18H14BrFN4O2. The Hall–Kier alpha value is -3.00. The van der Waals surface area contributed by atoms with Crippen LogP contribution in [0.2, 0.25) is 0 Å². The Morgan fingerprint density at radius 3 is 2.77 bits per heavy atom. The fraction of sp³-hybridized carbons (Fsp3) is 0.0556. The van der Waals surface area contributed by atoms with Crippen molar-refractivity contribution in [2.75, 3.05) is 7.11 Å². The molecule has 0 spiro atoms. The smallest absolute Gasteiger partial charge is 0.289 e. The average molecular weight is 417 g/mol. The molecule has 132 valence electrons. The summed E-state index contributed by atoms with van der Waals surface area (Å²) in [5.41, 5.74) is 4.27. The van der Waals surface area contributed by atoms with Crippen molar-refractivity contribution in [2.45, 2.75) is 0 Å². The average Bonchev–Trinajstić information content (AvgIpc) is 3.15. The van der Waals surface area contributed by atoms with Gasteiger partial charge in [0.15, 0.2) is 0 Å². The van der Waals surface area contributed by atoms with Crippen LogP contribution in [0.15, 0.2) is 58.1 Å². The maximum Gasteiger partial charge on any atom is 0.289 e. The first kappa shape index (κ1) is 17.8. The third-order valence-corrected chi connectivity index (χ3v) is 4.03. The van der Waals surface area contributed by atoms with E-state index in [1.165, 1.54) is 12.3 Å². The summed E-state index contributed by atoms with van der Waals surface area (Å²) in [6, 6.07) is 13.3. The van der Waals surface area contributed by atoms with Crippen LogP contribution in [0.5, 0.6) is 5.75 Å². The van der Waals surface area contributed by atoms with Crippen molar-refractivity contribution in [3.63, 3.8) is 0 Å². The first-order valence-corrected chi connectivity index (χ1v) is 8.34. The van der Waals surface area contributed by atoms with Gasteiger partial charge in [-0.15, -0.1) is 0 Å². The number of methoxy groups -OCH3 is 1. The number of aromatic amines is 1. The highest BCUT2D eigenvalue weighted by Crippen LogP contribution is 2.21. The number of ether oxygens (including phenoxy) is 1. The number of benzene rings is 2. The molecule has 0 atom stereocenters. The van der Waals surface area contributed by atoms with Crippen molar-refractivity contribution in [2.24, 2.45) is 5.10 Å². The molecule has 6 nitrogen and oxygen atoms in total. The second-order valence-electron chi connectivity index (χ2n) is 5.26. The maximum absolute atomic E-state index is 13.6. The van der Waals surface area contributed by atoms with Crippen molar-refractivity contribution >= 4 is 28.1 Å². The van der Waals surface area contributed by atoms with Crippen LogP contribution in [-0.4, -0.2) is 29.4 Å². The van der Waals surface area contributed by atoms with Crippen LogP contribution in [0.3, 0.4) is 0 Å². The normalized spacial score (nSPS) is 10.9. The van der Waals surface area contributed by atoms with E-state index in [-0.39, 0.29) is 11.3 Å². The van der Waals surface area contributed by atoms with Gasteiger partial charge >= 0.3 is 0 Å². The molecule has 0 unspecified atom stereocenters. The van der Waals surface area contributed by atoms with Crippen LogP contribution in [0.4, 0.5) is 4.39 Å². The molecular weight excluding hydrogens is 403 g/mol. The van der Waals surface area contributed by atoms with Gasteiger partial charge in [-0.2, -0.15) is 10.2 Å². The number of H-pyrrole nitrogens is 1. The zero-order valence-electron chi connectivity index (χ0n) is 13.7. The summed E-state index contributed by atoms with van der Waals surface area (Å²) in [6.45, 7) is 0. The minimum absolute atomic E-state index is 0.239. The molecule has 8 heteroatoms. The molecule has 0 aliphatic heterocycles. The summed E-state index contributed by atoms with van der Waals surface area (Å²) < 4.78 is 19.4. The van der Waals surface area contributed by atoms with Gasteiger partial charge in [-0.1, -0.05) is 15.9 Å². The third-order valence-electron chi connectivity index (χ3n) is 3.54. The summed E-state index contributed by atoms with van der Waals surface area (Å²) in [5.74, 6) is -0.185. The lowest BCUT2D eigenvalue weighted by Crippen LogP contribution is -2.18. The molecule has 0 radical (unpaired) electrons. The number of nitrogens with one attached hydrogen (secondary N) is 2. The predicted molar refractivity (Wildman–Crippen MR) is 99.7 cm³/mol. The van der Waals surface area contributed by atoms with Crippen molar-refractivity contribution in [3.05, 3.63) is 70.1 Å². The number of aromatic nitrogens is 2. The van der Waals surface area contributed by atoms with Gasteiger partial charge < -0.3 is 4.74 Å². The number of nitrogens with zero attached hydrogens (tertiary/aromatic N) is 2. The van der Waals surface area contributed by atoms with Crippen LogP contribution < -0.4 is 10.2 Å². The maximum atomic E-state index is 13.6. The molecule has 3 rings (SSSR count). The lowest BCUT2D eigenvalue weighted by molar-refractivity contribution is 0.0950. The summed E-state index contributed by atoms with van der Waals surface area (Å²) in [7, 11) is 1.59. The quantitative estimate of drug-likeness (QED) is 0.490. The van der Waals surface area contributed by atoms with E-state index < -0.39 is 11.7 Å². The van der Waals surface area contributed by atoms with E-state index in [2.05, 4.69) is 36.7 Å². The molecule has 2 aromatic carbocycles. The minimum Gasteiger partial charge on any atom is -0.497 e. The first-order chi connectivity index (χ1) is 12.6. The molecule has 1 aromatic heterocycles. The molecule has 2 N–H and O–H groups in total. The molecule has 3 aromatic rings. The summed E-state index contributed by atoms with van der Waals surface area (Å²) in [5, 5.41) is 10.5. The van der Waals surface area contributed by atoms with Crippen LogP contribution >= 0.6 is 15.9 Å². The van der Waals surface area contributed by atoms with Gasteiger partial charge in [0.1, 0.15) is 17.3 Å². The summed E-state index contributed by atoms with van der Waals surface area (Å²) in [6.07, 6.45) is 1.23. The Morgan fingerprint density at radius 2 is 2.04 bits per heavy atom. The fourth-order valence-corrected chi connectivity index (χ4v) is 2.56. The number of hydrogen-bond acceptors (Lipinski definition) is 4. The van der Waals surface area contributed by atoms with Gasteiger partial charge in [0.05, 0.1) is 19.0 Å². The van der Waals surface area contributed by atoms with E-state index in [1.54, 1.807) is 37.4 Å². The van der Waals surface area contributed by atoms with Gasteiger partial charge in [0.25, 0.3) is 5.91 Å². The molecule has 0 saturated carbocycles. The molecule has 0 aliphatic carbocycles. The fourth-order valence-electron chi connectivity index (χ4n) is 2.18. The lowest BCUT2D eigenvalue weighted by atomic mass is 10.1. The van der Waals surface area contributed by atoms with Crippen molar-refractivity contribution in [3.8, 4) is 17.0 Å². The topological polar surface area (TPSA) is 79.4 Å².